The zero-order chi connectivity index (χ0) is 14.4. The molecular weight excluding hydrogens is 268 g/mol. The van der Waals surface area contributed by atoms with Gasteiger partial charge in [0.25, 0.3) is 0 Å². The van der Waals surface area contributed by atoms with E-state index in [9.17, 15) is 9.59 Å². The van der Waals surface area contributed by atoms with Gasteiger partial charge in [0.2, 0.25) is 6.39 Å². The lowest BCUT2D eigenvalue weighted by Crippen LogP contribution is -2.36. The van der Waals surface area contributed by atoms with Crippen LogP contribution in [0.25, 0.3) is 0 Å². The molecule has 0 atom stereocenters. The van der Waals surface area contributed by atoms with Crippen molar-refractivity contribution in [3.05, 3.63) is 30.4 Å². The predicted molar refractivity (Wildman–Crippen MR) is 63.7 cm³/mol. The number of carboxylic acid groups (broad SMARTS) is 1. The molecule has 0 radical (unpaired) electrons. The number of hydrogen-bond acceptors (Lipinski definition) is 6. The molecule has 2 aromatic rings. The minimum Gasteiger partial charge on any atom is -0.476 e. The standard InChI is InChI=1S/C10H12N6O4/c17-9(18)7-4-16(5-13-7)2-1-11-10(19)12-3-8-14-6-20-15-8/h4-6H,1-3H2,(H,17,18)(H2,11,12,19). The Morgan fingerprint density at radius 3 is 2.85 bits per heavy atom. The lowest BCUT2D eigenvalue weighted by molar-refractivity contribution is 0.0691. The van der Waals surface area contributed by atoms with E-state index in [0.717, 1.165) is 0 Å². The number of nitrogens with zero attached hydrogens (tertiary/aromatic N) is 4. The Balaban J connectivity index is 1.67. The van der Waals surface area contributed by atoms with Crippen molar-refractivity contribution in [3.63, 3.8) is 0 Å². The summed E-state index contributed by atoms with van der Waals surface area (Å²) in [4.78, 5) is 29.5. The molecule has 0 aliphatic carbocycles. The van der Waals surface area contributed by atoms with Crippen LogP contribution in [0.15, 0.2) is 23.4 Å². The van der Waals surface area contributed by atoms with Gasteiger partial charge in [-0.05, 0) is 0 Å². The minimum atomic E-state index is -1.09. The van der Waals surface area contributed by atoms with Gasteiger partial charge in [-0.3, -0.25) is 0 Å². The molecule has 20 heavy (non-hydrogen) atoms. The van der Waals surface area contributed by atoms with Crippen molar-refractivity contribution < 1.29 is 19.2 Å². The van der Waals surface area contributed by atoms with Crippen LogP contribution in [0.2, 0.25) is 0 Å². The maximum Gasteiger partial charge on any atom is 0.356 e. The van der Waals surface area contributed by atoms with Crippen LogP contribution in [0.3, 0.4) is 0 Å². The molecule has 2 amide bonds. The number of carbonyl (C=O) groups excluding carboxylic acids is 1. The zero-order valence-corrected chi connectivity index (χ0v) is 10.3. The molecule has 0 saturated carbocycles. The fourth-order valence-electron chi connectivity index (χ4n) is 1.38. The van der Waals surface area contributed by atoms with Gasteiger partial charge < -0.3 is 24.8 Å². The molecule has 0 saturated heterocycles. The van der Waals surface area contributed by atoms with Crippen LogP contribution in [0, 0.1) is 0 Å². The van der Waals surface area contributed by atoms with Gasteiger partial charge in [0.1, 0.15) is 0 Å². The highest BCUT2D eigenvalue weighted by Crippen LogP contribution is 1.95. The minimum absolute atomic E-state index is 0.0356. The van der Waals surface area contributed by atoms with Crippen molar-refractivity contribution in [2.24, 2.45) is 0 Å². The van der Waals surface area contributed by atoms with E-state index in [0.29, 0.717) is 18.9 Å². The lowest BCUT2D eigenvalue weighted by atomic mass is 10.5. The fourth-order valence-corrected chi connectivity index (χ4v) is 1.38. The summed E-state index contributed by atoms with van der Waals surface area (Å²) in [5.74, 6) is -0.713. The number of carboxylic acids is 1. The number of aromatic nitrogens is 4. The third kappa shape index (κ3) is 3.80. The summed E-state index contributed by atoms with van der Waals surface area (Å²) < 4.78 is 6.09. The molecule has 0 bridgehead atoms. The first-order chi connectivity index (χ1) is 9.65. The Labute approximate surface area is 112 Å². The molecule has 10 nitrogen and oxygen atoms in total. The van der Waals surface area contributed by atoms with E-state index in [1.807, 2.05) is 0 Å². The molecule has 0 fully saturated rings. The molecule has 0 aliphatic rings. The highest BCUT2D eigenvalue weighted by atomic mass is 16.5. The second-order valence-corrected chi connectivity index (χ2v) is 3.76. The van der Waals surface area contributed by atoms with Crippen molar-refractivity contribution >= 4 is 12.0 Å². The number of imidazole rings is 1. The Hall–Kier alpha value is -2.91. The van der Waals surface area contributed by atoms with Crippen molar-refractivity contribution in [1.82, 2.24) is 30.3 Å². The molecule has 3 N–H and O–H groups in total. The van der Waals surface area contributed by atoms with Gasteiger partial charge in [0.05, 0.1) is 12.9 Å². The molecule has 2 rings (SSSR count). The summed E-state index contributed by atoms with van der Waals surface area (Å²) in [5.41, 5.74) is -0.0356. The van der Waals surface area contributed by atoms with Crippen LogP contribution in [0.1, 0.15) is 16.3 Å². The SMILES string of the molecule is O=C(NCCn1cnc(C(=O)O)c1)NCc1ncon1. The van der Waals surface area contributed by atoms with Gasteiger partial charge in [0.15, 0.2) is 11.5 Å². The number of aromatic carboxylic acids is 1. The van der Waals surface area contributed by atoms with E-state index in [1.54, 1.807) is 4.57 Å². The largest absolute Gasteiger partial charge is 0.476 e. The van der Waals surface area contributed by atoms with Crippen LogP contribution < -0.4 is 10.6 Å². The van der Waals surface area contributed by atoms with Gasteiger partial charge in [0, 0.05) is 19.3 Å². The summed E-state index contributed by atoms with van der Waals surface area (Å²) in [5, 5.41) is 17.4. The molecule has 0 spiro atoms. The number of rotatable bonds is 6. The molecule has 0 aromatic carbocycles. The van der Waals surface area contributed by atoms with Crippen LogP contribution in [0.4, 0.5) is 4.79 Å². The summed E-state index contributed by atoms with van der Waals surface area (Å²) in [6.07, 6.45) is 3.96. The Morgan fingerprint density at radius 1 is 1.35 bits per heavy atom. The Kier molecular flexibility index (Phi) is 4.27. The predicted octanol–water partition coefficient (Wildman–Crippen LogP) is -0.536. The van der Waals surface area contributed by atoms with Gasteiger partial charge in [-0.2, -0.15) is 4.98 Å². The summed E-state index contributed by atoms with van der Waals surface area (Å²) in [6, 6.07) is -0.381. The quantitative estimate of drug-likeness (QED) is 0.646. The number of amides is 2. The van der Waals surface area contributed by atoms with E-state index in [4.69, 9.17) is 5.11 Å². The fraction of sp³-hybridized carbons (Fsp3) is 0.300. The maximum atomic E-state index is 11.4. The second kappa shape index (κ2) is 6.31. The van der Waals surface area contributed by atoms with Crippen LogP contribution in [-0.2, 0) is 13.1 Å². The highest BCUT2D eigenvalue weighted by Gasteiger charge is 2.06. The highest BCUT2D eigenvalue weighted by molar-refractivity contribution is 5.84. The zero-order valence-electron chi connectivity index (χ0n) is 10.3. The van der Waals surface area contributed by atoms with Crippen molar-refractivity contribution in [2.75, 3.05) is 6.54 Å². The van der Waals surface area contributed by atoms with E-state index >= 15 is 0 Å². The van der Waals surface area contributed by atoms with Gasteiger partial charge >= 0.3 is 12.0 Å². The summed E-state index contributed by atoms with van der Waals surface area (Å²) >= 11 is 0. The Morgan fingerprint density at radius 2 is 2.20 bits per heavy atom. The number of hydrogen-bond donors (Lipinski definition) is 3. The normalized spacial score (nSPS) is 10.2. The molecule has 0 unspecified atom stereocenters. The molecule has 2 heterocycles. The first-order valence-electron chi connectivity index (χ1n) is 5.67. The monoisotopic (exact) mass is 280 g/mol. The van der Waals surface area contributed by atoms with Crippen LogP contribution in [-0.4, -0.2) is 43.3 Å². The topological polar surface area (TPSA) is 135 Å². The number of urea groups is 1. The second-order valence-electron chi connectivity index (χ2n) is 3.76. The summed E-state index contributed by atoms with van der Waals surface area (Å²) in [6.45, 7) is 0.903. The summed E-state index contributed by atoms with van der Waals surface area (Å²) in [7, 11) is 0. The van der Waals surface area contributed by atoms with Crippen molar-refractivity contribution in [3.8, 4) is 0 Å². The molecule has 106 valence electrons. The molecular formula is C10H12N6O4. The van der Waals surface area contributed by atoms with E-state index in [-0.39, 0.29) is 18.3 Å². The maximum absolute atomic E-state index is 11.4. The lowest BCUT2D eigenvalue weighted by Gasteiger charge is -2.06. The van der Waals surface area contributed by atoms with Gasteiger partial charge in [-0.15, -0.1) is 0 Å². The van der Waals surface area contributed by atoms with Crippen LogP contribution in [0.5, 0.6) is 0 Å². The Bertz CT molecular complexity index is 578. The average molecular weight is 280 g/mol. The third-order valence-electron chi connectivity index (χ3n) is 2.32. The third-order valence-corrected chi connectivity index (χ3v) is 2.32. The van der Waals surface area contributed by atoms with Crippen LogP contribution >= 0.6 is 0 Å². The number of nitrogens with one attached hydrogen (secondary N) is 2. The smallest absolute Gasteiger partial charge is 0.356 e. The van der Waals surface area contributed by atoms with E-state index in [1.165, 1.54) is 18.9 Å². The van der Waals surface area contributed by atoms with Crippen molar-refractivity contribution in [1.29, 1.82) is 0 Å². The first kappa shape index (κ1) is 13.5. The first-order valence-corrected chi connectivity index (χ1v) is 5.67. The number of carbonyl (C=O) groups is 2. The van der Waals surface area contributed by atoms with E-state index in [2.05, 4.69) is 30.3 Å². The van der Waals surface area contributed by atoms with Gasteiger partial charge in [-0.25, -0.2) is 14.6 Å². The molecule has 0 aliphatic heterocycles. The van der Waals surface area contributed by atoms with Crippen molar-refractivity contribution in [2.45, 2.75) is 13.1 Å². The molecule has 2 aromatic heterocycles. The average Bonchev–Trinajstić information content (AvgIpc) is 3.07. The van der Waals surface area contributed by atoms with E-state index < -0.39 is 5.97 Å². The van der Waals surface area contributed by atoms with Gasteiger partial charge in [-0.1, -0.05) is 5.16 Å². The molecule has 10 heteroatoms.